The number of hydrogen-bond donors (Lipinski definition) is 1. The van der Waals surface area contributed by atoms with E-state index in [0.29, 0.717) is 0 Å². The minimum Gasteiger partial charge on any atom is -0.347 e. The van der Waals surface area contributed by atoms with Crippen molar-refractivity contribution in [2.45, 2.75) is 24.3 Å². The predicted molar refractivity (Wildman–Crippen MR) is 110 cm³/mol. The SMILES string of the molecule is Cc1ccc(C(Sc2nc3ccccc3c3nc(C)nn23)c2ncc[nH]2)cc1. The van der Waals surface area contributed by atoms with Gasteiger partial charge >= 0.3 is 0 Å². The number of hydrogen-bond acceptors (Lipinski definition) is 5. The molecule has 0 saturated carbocycles. The number of thioether (sulfide) groups is 1. The third kappa shape index (κ3) is 2.93. The molecule has 3 heterocycles. The van der Waals surface area contributed by atoms with Crippen LogP contribution in [-0.2, 0) is 0 Å². The lowest BCUT2D eigenvalue weighted by Crippen LogP contribution is -2.04. The zero-order chi connectivity index (χ0) is 19.1. The smallest absolute Gasteiger partial charge is 0.192 e. The molecule has 0 amide bonds. The highest BCUT2D eigenvalue weighted by atomic mass is 32.2. The number of H-pyrrole nitrogens is 1. The summed E-state index contributed by atoms with van der Waals surface area (Å²) in [5.74, 6) is 1.61. The Morgan fingerprint density at radius 2 is 1.82 bits per heavy atom. The molecule has 3 aromatic heterocycles. The van der Waals surface area contributed by atoms with Crippen LogP contribution < -0.4 is 0 Å². The van der Waals surface area contributed by atoms with Gasteiger partial charge in [0.1, 0.15) is 11.6 Å². The summed E-state index contributed by atoms with van der Waals surface area (Å²) in [5.41, 5.74) is 4.12. The van der Waals surface area contributed by atoms with Crippen LogP contribution >= 0.6 is 11.8 Å². The Labute approximate surface area is 166 Å². The molecule has 1 atom stereocenters. The highest BCUT2D eigenvalue weighted by molar-refractivity contribution is 7.99. The first-order valence-corrected chi connectivity index (χ1v) is 9.91. The van der Waals surface area contributed by atoms with Gasteiger partial charge in [-0.25, -0.2) is 15.0 Å². The number of imidazole rings is 1. The molecule has 5 aromatic rings. The highest BCUT2D eigenvalue weighted by Crippen LogP contribution is 2.39. The van der Waals surface area contributed by atoms with Crippen molar-refractivity contribution in [1.82, 2.24) is 29.5 Å². The molecule has 0 fully saturated rings. The maximum atomic E-state index is 4.89. The molecule has 0 aliphatic rings. The monoisotopic (exact) mass is 386 g/mol. The maximum absolute atomic E-state index is 4.89. The van der Waals surface area contributed by atoms with Gasteiger partial charge in [-0.15, -0.1) is 5.10 Å². The number of aromatic nitrogens is 6. The average Bonchev–Trinajstić information content (AvgIpc) is 3.36. The van der Waals surface area contributed by atoms with Crippen molar-refractivity contribution in [2.75, 3.05) is 0 Å². The van der Waals surface area contributed by atoms with Crippen LogP contribution in [0.1, 0.15) is 28.0 Å². The summed E-state index contributed by atoms with van der Waals surface area (Å²) < 4.78 is 1.84. The van der Waals surface area contributed by atoms with E-state index in [1.165, 1.54) is 5.56 Å². The normalized spacial score (nSPS) is 12.6. The van der Waals surface area contributed by atoms with Crippen molar-refractivity contribution in [2.24, 2.45) is 0 Å². The summed E-state index contributed by atoms with van der Waals surface area (Å²) in [6.07, 6.45) is 3.63. The second-order valence-corrected chi connectivity index (χ2v) is 7.76. The van der Waals surface area contributed by atoms with Gasteiger partial charge in [0.25, 0.3) is 0 Å². The molecule has 2 aromatic carbocycles. The van der Waals surface area contributed by atoms with Crippen LogP contribution in [0, 0.1) is 13.8 Å². The van der Waals surface area contributed by atoms with Gasteiger partial charge in [0.2, 0.25) is 0 Å². The molecule has 1 N–H and O–H groups in total. The lowest BCUT2D eigenvalue weighted by molar-refractivity contribution is 0.793. The van der Waals surface area contributed by atoms with Crippen molar-refractivity contribution >= 4 is 28.3 Å². The number of rotatable bonds is 4. The van der Waals surface area contributed by atoms with Crippen LogP contribution in [0.3, 0.4) is 0 Å². The molecule has 28 heavy (non-hydrogen) atoms. The Morgan fingerprint density at radius 3 is 2.61 bits per heavy atom. The number of benzene rings is 2. The van der Waals surface area contributed by atoms with Crippen molar-refractivity contribution < 1.29 is 0 Å². The fourth-order valence-electron chi connectivity index (χ4n) is 3.26. The zero-order valence-corrected chi connectivity index (χ0v) is 16.3. The van der Waals surface area contributed by atoms with Crippen molar-refractivity contribution in [3.05, 3.63) is 83.7 Å². The van der Waals surface area contributed by atoms with Gasteiger partial charge in [0, 0.05) is 17.8 Å². The Balaban J connectivity index is 1.68. The van der Waals surface area contributed by atoms with Crippen LogP contribution in [0.4, 0.5) is 0 Å². The molecule has 7 heteroatoms. The lowest BCUT2D eigenvalue weighted by atomic mass is 10.1. The molecule has 6 nitrogen and oxygen atoms in total. The molecule has 0 radical (unpaired) electrons. The van der Waals surface area contributed by atoms with E-state index in [0.717, 1.165) is 38.9 Å². The molecule has 0 aliphatic heterocycles. The fraction of sp³-hybridized carbons (Fsp3) is 0.143. The lowest BCUT2D eigenvalue weighted by Gasteiger charge is -2.15. The summed E-state index contributed by atoms with van der Waals surface area (Å²) in [7, 11) is 0. The van der Waals surface area contributed by atoms with Gasteiger partial charge in [-0.05, 0) is 31.5 Å². The second-order valence-electron chi connectivity index (χ2n) is 6.69. The van der Waals surface area contributed by atoms with E-state index in [4.69, 9.17) is 4.98 Å². The third-order valence-corrected chi connectivity index (χ3v) is 5.83. The van der Waals surface area contributed by atoms with E-state index < -0.39 is 0 Å². The first kappa shape index (κ1) is 16.9. The second kappa shape index (κ2) is 6.76. The van der Waals surface area contributed by atoms with Gasteiger partial charge in [-0.1, -0.05) is 53.7 Å². The van der Waals surface area contributed by atoms with Gasteiger partial charge in [0.05, 0.1) is 10.8 Å². The number of nitrogens with zero attached hydrogens (tertiary/aromatic N) is 5. The molecule has 0 aliphatic carbocycles. The van der Waals surface area contributed by atoms with Crippen LogP contribution in [-0.4, -0.2) is 29.5 Å². The highest BCUT2D eigenvalue weighted by Gasteiger charge is 2.22. The van der Waals surface area contributed by atoms with Gasteiger partial charge in [-0.3, -0.25) is 0 Å². The molecule has 0 bridgehead atoms. The zero-order valence-electron chi connectivity index (χ0n) is 15.5. The van der Waals surface area contributed by atoms with Gasteiger partial charge < -0.3 is 4.98 Å². The molecular formula is C21H18N6S. The Morgan fingerprint density at radius 1 is 1.00 bits per heavy atom. The predicted octanol–water partition coefficient (Wildman–Crippen LogP) is 4.50. The number of fused-ring (bicyclic) bond motifs is 3. The Bertz CT molecular complexity index is 1260. The molecular weight excluding hydrogens is 368 g/mol. The minimum atomic E-state index is -0.0306. The van der Waals surface area contributed by atoms with Crippen molar-refractivity contribution in [3.63, 3.8) is 0 Å². The number of nitrogens with one attached hydrogen (secondary N) is 1. The standard InChI is InChI=1S/C21H18N6S/c1-13-7-9-15(10-8-13)18(19-22-11-12-23-19)28-21-25-17-6-4-3-5-16(17)20-24-14(2)26-27(20)21/h3-12,18H,1-2H3,(H,22,23). The molecule has 5 rings (SSSR count). The molecule has 0 saturated heterocycles. The summed E-state index contributed by atoms with van der Waals surface area (Å²) in [5, 5.41) is 6.35. The first-order valence-electron chi connectivity index (χ1n) is 9.03. The van der Waals surface area contributed by atoms with Crippen LogP contribution in [0.25, 0.3) is 16.6 Å². The van der Waals surface area contributed by atoms with Crippen molar-refractivity contribution in [1.29, 1.82) is 0 Å². The Hall–Kier alpha value is -3.19. The topological polar surface area (TPSA) is 71.8 Å². The van der Waals surface area contributed by atoms with E-state index in [-0.39, 0.29) is 5.25 Å². The van der Waals surface area contributed by atoms with Crippen molar-refractivity contribution in [3.8, 4) is 0 Å². The maximum Gasteiger partial charge on any atom is 0.192 e. The quantitative estimate of drug-likeness (QED) is 0.364. The summed E-state index contributed by atoms with van der Waals surface area (Å²) in [6.45, 7) is 3.99. The van der Waals surface area contributed by atoms with Crippen LogP contribution in [0.2, 0.25) is 0 Å². The molecule has 1 unspecified atom stereocenters. The van der Waals surface area contributed by atoms with Crippen LogP contribution in [0.5, 0.6) is 0 Å². The number of aryl methyl sites for hydroxylation is 2. The summed E-state index contributed by atoms with van der Waals surface area (Å²) in [6, 6.07) is 16.6. The Kier molecular flexibility index (Phi) is 4.09. The van der Waals surface area contributed by atoms with E-state index >= 15 is 0 Å². The van der Waals surface area contributed by atoms with E-state index in [2.05, 4.69) is 51.2 Å². The largest absolute Gasteiger partial charge is 0.347 e. The molecule has 0 spiro atoms. The van der Waals surface area contributed by atoms with Gasteiger partial charge in [0.15, 0.2) is 10.8 Å². The van der Waals surface area contributed by atoms with Crippen LogP contribution in [0.15, 0.2) is 66.1 Å². The van der Waals surface area contributed by atoms with Gasteiger partial charge in [-0.2, -0.15) is 4.52 Å². The first-order chi connectivity index (χ1) is 13.7. The number of para-hydroxylation sites is 1. The summed E-state index contributed by atoms with van der Waals surface area (Å²) in [4.78, 5) is 17.3. The van der Waals surface area contributed by atoms with E-state index in [1.54, 1.807) is 18.0 Å². The van der Waals surface area contributed by atoms with E-state index in [1.807, 2.05) is 41.9 Å². The summed E-state index contributed by atoms with van der Waals surface area (Å²) >= 11 is 1.62. The third-order valence-electron chi connectivity index (χ3n) is 4.63. The number of aromatic amines is 1. The fourth-order valence-corrected chi connectivity index (χ4v) is 4.38. The minimum absolute atomic E-state index is 0.0306. The average molecular weight is 386 g/mol. The van der Waals surface area contributed by atoms with E-state index in [9.17, 15) is 0 Å². The molecule has 138 valence electrons.